The van der Waals surface area contributed by atoms with E-state index >= 15 is 0 Å². The molecule has 0 radical (unpaired) electrons. The van der Waals surface area contributed by atoms with E-state index in [4.69, 9.17) is 4.99 Å². The van der Waals surface area contributed by atoms with Gasteiger partial charge in [-0.05, 0) is 50.4 Å². The lowest BCUT2D eigenvalue weighted by atomic mass is 9.91. The molecule has 0 aliphatic carbocycles. The highest BCUT2D eigenvalue weighted by molar-refractivity contribution is 6.18. The number of H-pyrrole nitrogens is 1. The van der Waals surface area contributed by atoms with Gasteiger partial charge < -0.3 is 4.98 Å². The molecule has 0 fully saturated rings. The summed E-state index contributed by atoms with van der Waals surface area (Å²) < 4.78 is 0. The van der Waals surface area contributed by atoms with Gasteiger partial charge in [-0.25, -0.2) is 4.98 Å². The molecule has 0 saturated heterocycles. The van der Waals surface area contributed by atoms with Gasteiger partial charge in [0.25, 0.3) is 0 Å². The van der Waals surface area contributed by atoms with Crippen molar-refractivity contribution in [1.29, 1.82) is 0 Å². The van der Waals surface area contributed by atoms with E-state index < -0.39 is 0 Å². The number of aliphatic imine (C=N–C) groups is 1. The molecule has 1 aliphatic heterocycles. The van der Waals surface area contributed by atoms with Gasteiger partial charge in [-0.15, -0.1) is 0 Å². The summed E-state index contributed by atoms with van der Waals surface area (Å²) in [6.07, 6.45) is 2.88. The summed E-state index contributed by atoms with van der Waals surface area (Å²) in [4.78, 5) is 13.0. The van der Waals surface area contributed by atoms with Crippen molar-refractivity contribution in [1.82, 2.24) is 9.97 Å². The molecule has 2 heterocycles. The number of imidazole rings is 1. The van der Waals surface area contributed by atoms with E-state index in [-0.39, 0.29) is 0 Å². The Labute approximate surface area is 200 Å². The zero-order chi connectivity index (χ0) is 23.4. The lowest BCUT2D eigenvalue weighted by Crippen LogP contribution is -2.06. The van der Waals surface area contributed by atoms with Crippen LogP contribution < -0.4 is 0 Å². The number of benzene rings is 4. The van der Waals surface area contributed by atoms with Crippen LogP contribution in [0, 0.1) is 5.92 Å². The highest BCUT2D eigenvalue weighted by atomic mass is 14.9. The van der Waals surface area contributed by atoms with E-state index in [0.29, 0.717) is 11.8 Å². The lowest BCUT2D eigenvalue weighted by molar-refractivity contribution is 0.795. The summed E-state index contributed by atoms with van der Waals surface area (Å²) in [7, 11) is 0. The molecule has 4 aromatic carbocycles. The van der Waals surface area contributed by atoms with Gasteiger partial charge in [0.1, 0.15) is 5.82 Å². The second-order valence-electron chi connectivity index (χ2n) is 9.98. The van der Waals surface area contributed by atoms with Gasteiger partial charge in [-0.2, -0.15) is 0 Å². The lowest BCUT2D eigenvalue weighted by Gasteiger charge is -2.12. The number of nitrogens with one attached hydrogen (secondary N) is 1. The normalized spacial score (nSPS) is 13.3. The SMILES string of the molecule is CC(C)C1=Nc2c(c3ccc(-c4ccc(-c5cnc(C(C)C)[nH]5)cc4)cc3c3ccccc23)C1. The monoisotopic (exact) mass is 443 g/mol. The quantitative estimate of drug-likeness (QED) is 0.278. The molecule has 34 heavy (non-hydrogen) atoms. The molecular formula is C31H29N3. The van der Waals surface area contributed by atoms with E-state index in [9.17, 15) is 0 Å². The number of aromatic amines is 1. The van der Waals surface area contributed by atoms with Crippen molar-refractivity contribution in [2.45, 2.75) is 40.0 Å². The predicted octanol–water partition coefficient (Wildman–Crippen LogP) is 8.46. The van der Waals surface area contributed by atoms with Crippen LogP contribution in [0.2, 0.25) is 0 Å². The number of rotatable bonds is 4. The molecule has 6 rings (SSSR count). The molecule has 0 saturated carbocycles. The van der Waals surface area contributed by atoms with Crippen LogP contribution in [-0.2, 0) is 6.42 Å². The topological polar surface area (TPSA) is 41.0 Å². The maximum Gasteiger partial charge on any atom is 0.109 e. The fraction of sp³-hybridized carbons (Fsp3) is 0.226. The van der Waals surface area contributed by atoms with Gasteiger partial charge in [0.15, 0.2) is 0 Å². The number of aromatic nitrogens is 2. The third-order valence-corrected chi connectivity index (χ3v) is 7.05. The zero-order valence-electron chi connectivity index (χ0n) is 20.2. The Bertz CT molecular complexity index is 1570. The van der Waals surface area contributed by atoms with Crippen LogP contribution in [0.15, 0.2) is 77.9 Å². The second-order valence-corrected chi connectivity index (χ2v) is 9.98. The summed E-state index contributed by atoms with van der Waals surface area (Å²) in [5.74, 6) is 1.88. The standard InChI is InChI=1S/C31H29N3/c1-18(2)28-16-27-24-14-13-22(15-26(24)23-7-5-6-8-25(23)30(27)33-28)20-9-11-21(12-10-20)29-17-32-31(34-29)19(3)4/h5-15,17-19H,16H2,1-4H3,(H,32,34). The number of hydrogen-bond donors (Lipinski definition) is 1. The van der Waals surface area contributed by atoms with Crippen LogP contribution in [0.3, 0.4) is 0 Å². The van der Waals surface area contributed by atoms with Crippen LogP contribution in [-0.4, -0.2) is 15.7 Å². The van der Waals surface area contributed by atoms with E-state index in [1.165, 1.54) is 49.6 Å². The molecule has 3 heteroatoms. The molecule has 0 atom stereocenters. The van der Waals surface area contributed by atoms with Crippen molar-refractivity contribution >= 4 is 32.9 Å². The predicted molar refractivity (Wildman–Crippen MR) is 144 cm³/mol. The third kappa shape index (κ3) is 3.35. The zero-order valence-corrected chi connectivity index (χ0v) is 20.2. The average molecular weight is 444 g/mol. The van der Waals surface area contributed by atoms with Gasteiger partial charge >= 0.3 is 0 Å². The molecule has 1 aliphatic rings. The molecule has 0 amide bonds. The largest absolute Gasteiger partial charge is 0.342 e. The molecule has 1 N–H and O–H groups in total. The van der Waals surface area contributed by atoms with Gasteiger partial charge in [0.2, 0.25) is 0 Å². The molecule has 5 aromatic rings. The summed E-state index contributed by atoms with van der Waals surface area (Å²) >= 11 is 0. The van der Waals surface area contributed by atoms with E-state index in [0.717, 1.165) is 23.5 Å². The minimum absolute atomic E-state index is 0.393. The minimum atomic E-state index is 0.393. The van der Waals surface area contributed by atoms with Crippen molar-refractivity contribution in [2.75, 3.05) is 0 Å². The minimum Gasteiger partial charge on any atom is -0.342 e. The second kappa shape index (κ2) is 7.95. The molecule has 168 valence electrons. The van der Waals surface area contributed by atoms with Gasteiger partial charge in [0, 0.05) is 23.4 Å². The summed E-state index contributed by atoms with van der Waals surface area (Å²) in [6, 6.07) is 24.4. The van der Waals surface area contributed by atoms with Crippen LogP contribution in [0.1, 0.15) is 45.0 Å². The maximum absolute atomic E-state index is 5.07. The Kier molecular flexibility index (Phi) is 4.88. The Hall–Kier alpha value is -3.72. The maximum atomic E-state index is 5.07. The van der Waals surface area contributed by atoms with E-state index in [2.05, 4.69) is 104 Å². The van der Waals surface area contributed by atoms with E-state index in [1.54, 1.807) is 0 Å². The van der Waals surface area contributed by atoms with Gasteiger partial charge in [-0.1, -0.05) is 88.4 Å². The van der Waals surface area contributed by atoms with Crippen molar-refractivity contribution in [3.05, 3.63) is 84.3 Å². The molecule has 0 bridgehead atoms. The number of hydrogen-bond acceptors (Lipinski definition) is 2. The highest BCUT2D eigenvalue weighted by Gasteiger charge is 2.22. The van der Waals surface area contributed by atoms with Crippen LogP contribution >= 0.6 is 0 Å². The molecule has 3 nitrogen and oxygen atoms in total. The summed E-state index contributed by atoms with van der Waals surface area (Å²) in [5.41, 5.74) is 8.51. The van der Waals surface area contributed by atoms with Crippen molar-refractivity contribution in [2.24, 2.45) is 10.9 Å². The van der Waals surface area contributed by atoms with Crippen LogP contribution in [0.4, 0.5) is 5.69 Å². The Morgan fingerprint density at radius 1 is 0.706 bits per heavy atom. The van der Waals surface area contributed by atoms with Crippen molar-refractivity contribution in [3.63, 3.8) is 0 Å². The van der Waals surface area contributed by atoms with Crippen molar-refractivity contribution in [3.8, 4) is 22.4 Å². The van der Waals surface area contributed by atoms with Crippen LogP contribution in [0.25, 0.3) is 43.9 Å². The van der Waals surface area contributed by atoms with Gasteiger partial charge in [-0.3, -0.25) is 4.99 Å². The first-order valence-corrected chi connectivity index (χ1v) is 12.2. The molecule has 1 aromatic heterocycles. The molecule has 0 unspecified atom stereocenters. The summed E-state index contributed by atoms with van der Waals surface area (Å²) in [5, 5.41) is 5.17. The first-order valence-electron chi connectivity index (χ1n) is 12.2. The Morgan fingerprint density at radius 2 is 1.41 bits per heavy atom. The number of nitrogens with zero attached hydrogens (tertiary/aromatic N) is 2. The third-order valence-electron chi connectivity index (χ3n) is 7.05. The first-order chi connectivity index (χ1) is 16.5. The van der Waals surface area contributed by atoms with Crippen molar-refractivity contribution < 1.29 is 0 Å². The Morgan fingerprint density at radius 3 is 2.12 bits per heavy atom. The average Bonchev–Trinajstić information content (AvgIpc) is 3.53. The summed E-state index contributed by atoms with van der Waals surface area (Å²) in [6.45, 7) is 8.79. The Balaban J connectivity index is 1.44. The highest BCUT2D eigenvalue weighted by Crippen LogP contribution is 2.43. The fourth-order valence-electron chi connectivity index (χ4n) is 5.05. The van der Waals surface area contributed by atoms with Crippen LogP contribution in [0.5, 0.6) is 0 Å². The first kappa shape index (κ1) is 20.9. The van der Waals surface area contributed by atoms with E-state index in [1.807, 2.05) is 6.20 Å². The molecular weight excluding hydrogens is 414 g/mol. The molecule has 0 spiro atoms. The smallest absolute Gasteiger partial charge is 0.109 e. The fourth-order valence-corrected chi connectivity index (χ4v) is 5.05. The van der Waals surface area contributed by atoms with Gasteiger partial charge in [0.05, 0.1) is 17.6 Å². The number of fused-ring (bicyclic) bond motifs is 6.